The lowest BCUT2D eigenvalue weighted by atomic mass is 9.78. The predicted molar refractivity (Wildman–Crippen MR) is 111 cm³/mol. The molecular formula is C22H22ClNO2S. The highest BCUT2D eigenvalue weighted by atomic mass is 35.5. The first-order valence-electron chi connectivity index (χ1n) is 9.29. The summed E-state index contributed by atoms with van der Waals surface area (Å²) in [5.74, 6) is 0.000840. The van der Waals surface area contributed by atoms with Crippen molar-refractivity contribution in [2.75, 3.05) is 6.54 Å². The van der Waals surface area contributed by atoms with Crippen LogP contribution in [0.15, 0.2) is 53.9 Å². The zero-order chi connectivity index (χ0) is 18.9. The third-order valence-electron chi connectivity index (χ3n) is 5.61. The molecule has 1 unspecified atom stereocenters. The van der Waals surface area contributed by atoms with Crippen molar-refractivity contribution in [3.05, 3.63) is 70.1 Å². The van der Waals surface area contributed by atoms with Crippen LogP contribution in [0.2, 0.25) is 5.02 Å². The second kappa shape index (κ2) is 7.63. The number of carbonyl (C=O) groups excluding carboxylic acids is 1. The quantitative estimate of drug-likeness (QED) is 0.618. The molecule has 4 rings (SSSR count). The number of benzene rings is 2. The minimum Gasteiger partial charge on any atom is -0.387 e. The van der Waals surface area contributed by atoms with E-state index in [1.54, 1.807) is 11.3 Å². The number of rotatable bonds is 5. The van der Waals surface area contributed by atoms with Crippen molar-refractivity contribution in [2.45, 2.75) is 37.2 Å². The van der Waals surface area contributed by atoms with Gasteiger partial charge in [0.05, 0.1) is 11.5 Å². The Balaban J connectivity index is 1.51. The van der Waals surface area contributed by atoms with Crippen molar-refractivity contribution >= 4 is 38.9 Å². The van der Waals surface area contributed by atoms with E-state index in [9.17, 15) is 9.90 Å². The molecule has 3 nitrogen and oxygen atoms in total. The first kappa shape index (κ1) is 18.5. The Morgan fingerprint density at radius 2 is 1.85 bits per heavy atom. The van der Waals surface area contributed by atoms with Crippen LogP contribution in [0.3, 0.4) is 0 Å². The van der Waals surface area contributed by atoms with Crippen molar-refractivity contribution in [3.63, 3.8) is 0 Å². The molecule has 0 saturated heterocycles. The number of carbonyl (C=O) groups is 1. The number of hydrogen-bond donors (Lipinski definition) is 2. The number of thiophene rings is 1. The fraction of sp³-hybridized carbons (Fsp3) is 0.318. The highest BCUT2D eigenvalue weighted by molar-refractivity contribution is 7.17. The van der Waals surface area contributed by atoms with Crippen LogP contribution in [0, 0.1) is 0 Å². The summed E-state index contributed by atoms with van der Waals surface area (Å²) in [5.41, 5.74) is 1.38. The summed E-state index contributed by atoms with van der Waals surface area (Å²) in [6.45, 7) is 0.217. The van der Waals surface area contributed by atoms with E-state index >= 15 is 0 Å². The van der Waals surface area contributed by atoms with E-state index in [1.165, 1.54) is 0 Å². The van der Waals surface area contributed by atoms with Crippen LogP contribution in [0.1, 0.15) is 42.9 Å². The molecule has 0 aliphatic heterocycles. The van der Waals surface area contributed by atoms with E-state index in [0.717, 1.165) is 46.9 Å². The van der Waals surface area contributed by atoms with Gasteiger partial charge in [-0.1, -0.05) is 54.8 Å². The Bertz CT molecular complexity index is 944. The Morgan fingerprint density at radius 3 is 2.59 bits per heavy atom. The van der Waals surface area contributed by atoms with Gasteiger partial charge in [0, 0.05) is 21.8 Å². The predicted octanol–water partition coefficient (Wildman–Crippen LogP) is 5.22. The summed E-state index contributed by atoms with van der Waals surface area (Å²) in [6.07, 6.45) is 3.02. The first-order chi connectivity index (χ1) is 13.1. The van der Waals surface area contributed by atoms with Gasteiger partial charge in [0.2, 0.25) is 5.91 Å². The number of aliphatic hydroxyl groups is 1. The Labute approximate surface area is 168 Å². The molecular weight excluding hydrogens is 378 g/mol. The summed E-state index contributed by atoms with van der Waals surface area (Å²) >= 11 is 7.63. The van der Waals surface area contributed by atoms with Crippen LogP contribution in [-0.2, 0) is 10.2 Å². The smallest absolute Gasteiger partial charge is 0.230 e. The van der Waals surface area contributed by atoms with Crippen LogP contribution >= 0.6 is 22.9 Å². The number of fused-ring (bicyclic) bond motifs is 1. The van der Waals surface area contributed by atoms with Gasteiger partial charge in [0.1, 0.15) is 0 Å². The van der Waals surface area contributed by atoms with Gasteiger partial charge in [-0.15, -0.1) is 11.3 Å². The number of nitrogens with one attached hydrogen (secondary N) is 1. The van der Waals surface area contributed by atoms with Gasteiger partial charge < -0.3 is 10.4 Å². The Morgan fingerprint density at radius 1 is 1.15 bits per heavy atom. The van der Waals surface area contributed by atoms with Gasteiger partial charge in [-0.3, -0.25) is 4.79 Å². The molecule has 140 valence electrons. The molecule has 5 heteroatoms. The molecule has 1 aliphatic carbocycles. The van der Waals surface area contributed by atoms with E-state index in [2.05, 4.69) is 5.32 Å². The van der Waals surface area contributed by atoms with Crippen molar-refractivity contribution in [1.82, 2.24) is 5.32 Å². The lowest BCUT2D eigenvalue weighted by Gasteiger charge is -2.29. The average Bonchev–Trinajstić information content (AvgIpc) is 3.34. The monoisotopic (exact) mass is 399 g/mol. The molecule has 1 atom stereocenters. The molecule has 1 aliphatic rings. The third-order valence-corrected chi connectivity index (χ3v) is 6.85. The van der Waals surface area contributed by atoms with Gasteiger partial charge >= 0.3 is 0 Å². The Hall–Kier alpha value is -1.88. The molecule has 1 heterocycles. The van der Waals surface area contributed by atoms with Gasteiger partial charge in [-0.25, -0.2) is 0 Å². The number of hydrogen-bond acceptors (Lipinski definition) is 3. The minimum absolute atomic E-state index is 0.000840. The first-order valence-corrected chi connectivity index (χ1v) is 10.5. The molecule has 27 heavy (non-hydrogen) atoms. The van der Waals surface area contributed by atoms with Crippen molar-refractivity contribution in [2.24, 2.45) is 0 Å². The lowest BCUT2D eigenvalue weighted by Crippen LogP contribution is -2.44. The molecule has 1 aromatic heterocycles. The van der Waals surface area contributed by atoms with Crippen LogP contribution in [0.25, 0.3) is 10.1 Å². The van der Waals surface area contributed by atoms with Crippen molar-refractivity contribution in [1.29, 1.82) is 0 Å². The van der Waals surface area contributed by atoms with Gasteiger partial charge in [-0.2, -0.15) is 0 Å². The van der Waals surface area contributed by atoms with Crippen molar-refractivity contribution < 1.29 is 9.90 Å². The fourth-order valence-corrected chi connectivity index (χ4v) is 5.25. The fourth-order valence-electron chi connectivity index (χ4n) is 4.12. The van der Waals surface area contributed by atoms with Gasteiger partial charge in [-0.05, 0) is 47.4 Å². The molecule has 3 aromatic rings. The van der Waals surface area contributed by atoms with Crippen LogP contribution in [-0.4, -0.2) is 17.6 Å². The summed E-state index contributed by atoms with van der Waals surface area (Å²) in [5, 5.41) is 17.4. The van der Waals surface area contributed by atoms with E-state index in [4.69, 9.17) is 11.6 Å². The SMILES string of the molecule is O=C(NCC(O)c1csc2ccccc12)C1(c2ccc(Cl)cc2)CCCC1. The van der Waals surface area contributed by atoms with Crippen LogP contribution in [0.4, 0.5) is 0 Å². The second-order valence-electron chi connectivity index (χ2n) is 7.21. The van der Waals surface area contributed by atoms with Gasteiger partial charge in [0.15, 0.2) is 0 Å². The molecule has 0 bridgehead atoms. The summed E-state index contributed by atoms with van der Waals surface area (Å²) in [4.78, 5) is 13.1. The lowest BCUT2D eigenvalue weighted by molar-refractivity contribution is -0.127. The summed E-state index contributed by atoms with van der Waals surface area (Å²) in [6, 6.07) is 15.6. The minimum atomic E-state index is -0.714. The maximum atomic E-state index is 13.1. The molecule has 0 spiro atoms. The second-order valence-corrected chi connectivity index (χ2v) is 8.56. The molecule has 0 radical (unpaired) electrons. The van der Waals surface area contributed by atoms with E-state index in [0.29, 0.717) is 5.02 Å². The zero-order valence-corrected chi connectivity index (χ0v) is 16.5. The van der Waals surface area contributed by atoms with Crippen LogP contribution in [0.5, 0.6) is 0 Å². The van der Waals surface area contributed by atoms with Crippen LogP contribution < -0.4 is 5.32 Å². The zero-order valence-electron chi connectivity index (χ0n) is 15.0. The maximum absolute atomic E-state index is 13.1. The van der Waals surface area contributed by atoms with E-state index in [1.807, 2.05) is 53.9 Å². The topological polar surface area (TPSA) is 49.3 Å². The normalized spacial score (nSPS) is 17.1. The largest absolute Gasteiger partial charge is 0.387 e. The van der Waals surface area contributed by atoms with E-state index in [-0.39, 0.29) is 12.5 Å². The molecule has 1 amide bonds. The van der Waals surface area contributed by atoms with Crippen molar-refractivity contribution in [3.8, 4) is 0 Å². The molecule has 2 N–H and O–H groups in total. The highest BCUT2D eigenvalue weighted by Gasteiger charge is 2.42. The van der Waals surface area contributed by atoms with Gasteiger partial charge in [0.25, 0.3) is 0 Å². The number of amides is 1. The van der Waals surface area contributed by atoms with E-state index < -0.39 is 11.5 Å². The molecule has 1 saturated carbocycles. The average molecular weight is 400 g/mol. The number of aliphatic hydroxyl groups excluding tert-OH is 1. The summed E-state index contributed by atoms with van der Waals surface area (Å²) < 4.78 is 1.14. The summed E-state index contributed by atoms with van der Waals surface area (Å²) in [7, 11) is 0. The highest BCUT2D eigenvalue weighted by Crippen LogP contribution is 2.42. The maximum Gasteiger partial charge on any atom is 0.230 e. The standard InChI is InChI=1S/C22H22ClNO2S/c23-16-9-7-15(8-10-16)22(11-3-4-12-22)21(26)24-13-19(25)18-14-27-20-6-2-1-5-17(18)20/h1-2,5-10,14,19,25H,3-4,11-13H2,(H,24,26). The molecule has 2 aromatic carbocycles. The third kappa shape index (κ3) is 3.49. The molecule has 1 fully saturated rings. The Kier molecular flexibility index (Phi) is 5.22. The number of halogens is 1.